The lowest BCUT2D eigenvalue weighted by atomic mass is 10.1. The van der Waals surface area contributed by atoms with Crippen molar-refractivity contribution in [3.8, 4) is 5.88 Å². The van der Waals surface area contributed by atoms with Crippen LogP contribution in [0.3, 0.4) is 0 Å². The SMILES string of the molecule is CNc1ccc(C=Cc2ccc(OCCOCCOCC[NH3+])nc2)cc1. The first kappa shape index (κ1) is 19.9. The summed E-state index contributed by atoms with van der Waals surface area (Å²) in [5.74, 6) is 0.595. The van der Waals surface area contributed by atoms with Crippen LogP contribution in [0.15, 0.2) is 42.6 Å². The van der Waals surface area contributed by atoms with Crippen LogP contribution in [0.2, 0.25) is 0 Å². The molecule has 0 aliphatic rings. The molecule has 0 bridgehead atoms. The predicted octanol–water partition coefficient (Wildman–Crippen LogP) is 1.95. The average molecular weight is 358 g/mol. The first-order chi connectivity index (χ1) is 12.8. The van der Waals surface area contributed by atoms with E-state index in [4.69, 9.17) is 14.2 Å². The van der Waals surface area contributed by atoms with Gasteiger partial charge in [0.25, 0.3) is 0 Å². The number of anilines is 1. The Morgan fingerprint density at radius 1 is 0.885 bits per heavy atom. The summed E-state index contributed by atoms with van der Waals surface area (Å²) in [6.07, 6.45) is 5.88. The second-order valence-electron chi connectivity index (χ2n) is 5.56. The molecule has 0 spiro atoms. The zero-order valence-corrected chi connectivity index (χ0v) is 15.3. The van der Waals surface area contributed by atoms with Crippen molar-refractivity contribution in [2.75, 3.05) is 51.9 Å². The topological polar surface area (TPSA) is 80.2 Å². The molecule has 2 rings (SSSR count). The van der Waals surface area contributed by atoms with Gasteiger partial charge in [0.1, 0.15) is 6.61 Å². The van der Waals surface area contributed by atoms with Crippen molar-refractivity contribution in [2.45, 2.75) is 0 Å². The summed E-state index contributed by atoms with van der Waals surface area (Å²) in [5, 5.41) is 3.10. The number of nitrogens with one attached hydrogen (secondary N) is 1. The van der Waals surface area contributed by atoms with E-state index < -0.39 is 0 Å². The highest BCUT2D eigenvalue weighted by Crippen LogP contribution is 2.13. The Morgan fingerprint density at radius 3 is 2.19 bits per heavy atom. The molecule has 1 heterocycles. The van der Waals surface area contributed by atoms with Crippen LogP contribution in [-0.4, -0.2) is 51.6 Å². The van der Waals surface area contributed by atoms with E-state index in [1.807, 2.05) is 37.4 Å². The van der Waals surface area contributed by atoms with E-state index in [9.17, 15) is 0 Å². The number of hydrogen-bond donors (Lipinski definition) is 2. The number of rotatable bonds is 12. The van der Waals surface area contributed by atoms with E-state index in [1.54, 1.807) is 6.20 Å². The molecule has 0 amide bonds. The minimum Gasteiger partial charge on any atom is -0.475 e. The highest BCUT2D eigenvalue weighted by molar-refractivity contribution is 5.70. The van der Waals surface area contributed by atoms with E-state index in [0.29, 0.717) is 38.9 Å². The number of pyridine rings is 1. The summed E-state index contributed by atoms with van der Waals surface area (Å²) in [5.41, 5.74) is 6.97. The van der Waals surface area contributed by atoms with Crippen molar-refractivity contribution in [3.63, 3.8) is 0 Å². The van der Waals surface area contributed by atoms with Gasteiger partial charge in [-0.1, -0.05) is 24.3 Å². The summed E-state index contributed by atoms with van der Waals surface area (Å²) < 4.78 is 16.3. The van der Waals surface area contributed by atoms with Crippen LogP contribution in [0.25, 0.3) is 12.2 Å². The molecule has 0 fully saturated rings. The Bertz CT molecular complexity index is 642. The predicted molar refractivity (Wildman–Crippen MR) is 104 cm³/mol. The zero-order chi connectivity index (χ0) is 18.5. The van der Waals surface area contributed by atoms with Gasteiger partial charge in [-0.15, -0.1) is 0 Å². The monoisotopic (exact) mass is 358 g/mol. The summed E-state index contributed by atoms with van der Waals surface area (Å²) in [7, 11) is 1.91. The molecule has 0 aliphatic heterocycles. The van der Waals surface area contributed by atoms with Gasteiger partial charge in [-0.05, 0) is 29.3 Å². The number of hydrogen-bond acceptors (Lipinski definition) is 5. The molecule has 0 atom stereocenters. The Labute approximate surface area is 155 Å². The maximum Gasteiger partial charge on any atom is 0.213 e. The fraction of sp³-hybridized carbons (Fsp3) is 0.350. The molecule has 0 saturated carbocycles. The Hall–Kier alpha value is -2.41. The Kier molecular flexibility index (Phi) is 9.21. The number of aromatic nitrogens is 1. The standard InChI is InChI=1S/C20H27N3O3/c1-22-19-7-4-17(5-8-19)2-3-18-6-9-20(23-16-18)26-15-14-25-13-12-24-11-10-21/h2-9,16,22H,10-15,21H2,1H3/p+1. The first-order valence-corrected chi connectivity index (χ1v) is 8.81. The van der Waals surface area contributed by atoms with Crippen LogP contribution in [0, 0.1) is 0 Å². The van der Waals surface area contributed by atoms with E-state index in [0.717, 1.165) is 23.4 Å². The number of ether oxygens (including phenoxy) is 3. The third-order valence-corrected chi connectivity index (χ3v) is 3.57. The van der Waals surface area contributed by atoms with Crippen LogP contribution in [0.5, 0.6) is 5.88 Å². The summed E-state index contributed by atoms with van der Waals surface area (Å²) >= 11 is 0. The van der Waals surface area contributed by atoms with Gasteiger partial charge < -0.3 is 25.3 Å². The lowest BCUT2D eigenvalue weighted by molar-refractivity contribution is -0.374. The Balaban J connectivity index is 1.68. The average Bonchev–Trinajstić information content (AvgIpc) is 2.69. The Morgan fingerprint density at radius 2 is 1.54 bits per heavy atom. The lowest BCUT2D eigenvalue weighted by Gasteiger charge is -2.06. The minimum atomic E-state index is 0.468. The third kappa shape index (κ3) is 7.65. The molecule has 6 heteroatoms. The van der Waals surface area contributed by atoms with E-state index in [-0.39, 0.29) is 0 Å². The van der Waals surface area contributed by atoms with Crippen LogP contribution >= 0.6 is 0 Å². The summed E-state index contributed by atoms with van der Waals surface area (Å²) in [4.78, 5) is 4.31. The van der Waals surface area contributed by atoms with Gasteiger partial charge in [0, 0.05) is 25.0 Å². The maximum atomic E-state index is 5.56. The van der Waals surface area contributed by atoms with Crippen LogP contribution < -0.4 is 15.8 Å². The van der Waals surface area contributed by atoms with Gasteiger partial charge in [-0.2, -0.15) is 0 Å². The van der Waals surface area contributed by atoms with Gasteiger partial charge in [-0.25, -0.2) is 4.98 Å². The van der Waals surface area contributed by atoms with Gasteiger partial charge >= 0.3 is 0 Å². The molecular weight excluding hydrogens is 330 g/mol. The molecule has 0 saturated heterocycles. The molecule has 2 aromatic rings. The van der Waals surface area contributed by atoms with E-state index >= 15 is 0 Å². The summed E-state index contributed by atoms with van der Waals surface area (Å²) in [6, 6.07) is 12.1. The summed E-state index contributed by atoms with van der Waals surface area (Å²) in [6.45, 7) is 3.59. The molecule has 0 unspecified atom stereocenters. The quantitative estimate of drug-likeness (QED) is 0.567. The third-order valence-electron chi connectivity index (χ3n) is 3.57. The lowest BCUT2D eigenvalue weighted by Crippen LogP contribution is -2.52. The van der Waals surface area contributed by atoms with Crippen LogP contribution in [-0.2, 0) is 9.47 Å². The van der Waals surface area contributed by atoms with Crippen molar-refractivity contribution >= 4 is 17.8 Å². The zero-order valence-electron chi connectivity index (χ0n) is 15.3. The molecule has 1 aromatic heterocycles. The van der Waals surface area contributed by atoms with Crippen LogP contribution in [0.4, 0.5) is 5.69 Å². The fourth-order valence-electron chi connectivity index (χ4n) is 2.16. The van der Waals surface area contributed by atoms with E-state index in [1.165, 1.54) is 0 Å². The smallest absolute Gasteiger partial charge is 0.213 e. The second-order valence-corrected chi connectivity index (χ2v) is 5.56. The highest BCUT2D eigenvalue weighted by Gasteiger charge is 1.97. The number of nitrogens with zero attached hydrogens (tertiary/aromatic N) is 1. The van der Waals surface area contributed by atoms with Gasteiger partial charge in [0.2, 0.25) is 5.88 Å². The van der Waals surface area contributed by atoms with Crippen molar-refractivity contribution in [1.29, 1.82) is 0 Å². The molecule has 4 N–H and O–H groups in total. The number of benzene rings is 1. The van der Waals surface area contributed by atoms with Crippen molar-refractivity contribution in [2.24, 2.45) is 0 Å². The fourth-order valence-corrected chi connectivity index (χ4v) is 2.16. The molecule has 1 aromatic carbocycles. The maximum absolute atomic E-state index is 5.56. The van der Waals surface area contributed by atoms with Crippen molar-refractivity contribution < 1.29 is 19.9 Å². The van der Waals surface area contributed by atoms with Gasteiger partial charge in [0.05, 0.1) is 33.0 Å². The van der Waals surface area contributed by atoms with E-state index in [2.05, 4.69) is 34.2 Å². The van der Waals surface area contributed by atoms with Crippen molar-refractivity contribution in [3.05, 3.63) is 53.7 Å². The normalized spacial score (nSPS) is 11.0. The molecule has 0 radical (unpaired) electrons. The minimum absolute atomic E-state index is 0.468. The molecule has 6 nitrogen and oxygen atoms in total. The second kappa shape index (κ2) is 12.0. The number of quaternary nitrogens is 1. The molecule has 0 aliphatic carbocycles. The molecular formula is C20H28N3O3+. The largest absolute Gasteiger partial charge is 0.475 e. The van der Waals surface area contributed by atoms with Crippen LogP contribution in [0.1, 0.15) is 11.1 Å². The highest BCUT2D eigenvalue weighted by atomic mass is 16.5. The first-order valence-electron chi connectivity index (χ1n) is 8.81. The molecule has 140 valence electrons. The van der Waals surface area contributed by atoms with Crippen molar-refractivity contribution in [1.82, 2.24) is 4.98 Å². The molecule has 26 heavy (non-hydrogen) atoms. The van der Waals surface area contributed by atoms with Gasteiger partial charge in [0.15, 0.2) is 0 Å². The van der Waals surface area contributed by atoms with Gasteiger partial charge in [-0.3, -0.25) is 0 Å².